The van der Waals surface area contributed by atoms with Crippen molar-refractivity contribution in [2.45, 2.75) is 18.9 Å². The van der Waals surface area contributed by atoms with Crippen LogP contribution in [0, 0.1) is 5.82 Å². The van der Waals surface area contributed by atoms with E-state index in [4.69, 9.17) is 0 Å². The van der Waals surface area contributed by atoms with Gasteiger partial charge in [-0.3, -0.25) is 0 Å². The van der Waals surface area contributed by atoms with E-state index in [-0.39, 0.29) is 5.82 Å². The summed E-state index contributed by atoms with van der Waals surface area (Å²) in [6.45, 7) is 1.63. The molecule has 0 spiro atoms. The molecule has 2 rings (SSSR count). The van der Waals surface area contributed by atoms with Gasteiger partial charge in [-0.15, -0.1) is 0 Å². The van der Waals surface area contributed by atoms with Gasteiger partial charge in [0.2, 0.25) is 0 Å². The molecule has 2 aromatic carbocycles. The van der Waals surface area contributed by atoms with Crippen LogP contribution in [0.2, 0.25) is 0 Å². The summed E-state index contributed by atoms with van der Waals surface area (Å²) < 4.78 is 14.7. The van der Waals surface area contributed by atoms with Gasteiger partial charge in [0.05, 0.1) is 5.60 Å². The van der Waals surface area contributed by atoms with E-state index in [1.165, 1.54) is 6.07 Å². The summed E-state index contributed by atoms with van der Waals surface area (Å²) in [6, 6.07) is 14.0. The standard InChI is InChI=1S/C15H14BrFO/c1-15(18,13-4-2-3-5-14(13)17)10-11-6-8-12(16)9-7-11/h2-9,18H,10H2,1H3. The number of benzene rings is 2. The molecule has 0 aliphatic heterocycles. The molecule has 0 bridgehead atoms. The molecule has 3 heteroatoms. The first-order valence-electron chi connectivity index (χ1n) is 5.71. The van der Waals surface area contributed by atoms with Crippen molar-refractivity contribution < 1.29 is 9.50 Å². The quantitative estimate of drug-likeness (QED) is 0.907. The van der Waals surface area contributed by atoms with Crippen LogP contribution < -0.4 is 0 Å². The smallest absolute Gasteiger partial charge is 0.129 e. The molecule has 0 radical (unpaired) electrons. The number of hydrogen-bond acceptors (Lipinski definition) is 1. The van der Waals surface area contributed by atoms with E-state index in [1.54, 1.807) is 25.1 Å². The van der Waals surface area contributed by atoms with Gasteiger partial charge in [0.1, 0.15) is 5.82 Å². The fourth-order valence-corrected chi connectivity index (χ4v) is 2.26. The predicted molar refractivity (Wildman–Crippen MR) is 73.8 cm³/mol. The van der Waals surface area contributed by atoms with Crippen LogP contribution in [0.5, 0.6) is 0 Å². The molecule has 1 N–H and O–H groups in total. The molecule has 2 aromatic rings. The summed E-state index contributed by atoms with van der Waals surface area (Å²) in [5, 5.41) is 10.4. The SMILES string of the molecule is CC(O)(Cc1ccc(Br)cc1)c1ccccc1F. The van der Waals surface area contributed by atoms with Crippen LogP contribution in [0.3, 0.4) is 0 Å². The summed E-state index contributed by atoms with van der Waals surface area (Å²) in [5.74, 6) is -0.375. The Balaban J connectivity index is 2.27. The third kappa shape index (κ3) is 2.98. The molecular weight excluding hydrogens is 295 g/mol. The highest BCUT2D eigenvalue weighted by atomic mass is 79.9. The number of rotatable bonds is 3. The van der Waals surface area contributed by atoms with E-state index < -0.39 is 5.60 Å². The molecule has 0 saturated carbocycles. The third-order valence-electron chi connectivity index (χ3n) is 2.92. The fraction of sp³-hybridized carbons (Fsp3) is 0.200. The topological polar surface area (TPSA) is 20.2 Å². The lowest BCUT2D eigenvalue weighted by molar-refractivity contribution is 0.0538. The molecule has 1 nitrogen and oxygen atoms in total. The predicted octanol–water partition coefficient (Wildman–Crippen LogP) is 4.04. The molecule has 1 atom stereocenters. The molecule has 0 aliphatic carbocycles. The maximum absolute atomic E-state index is 13.7. The van der Waals surface area contributed by atoms with E-state index in [0.29, 0.717) is 12.0 Å². The van der Waals surface area contributed by atoms with Gasteiger partial charge in [-0.1, -0.05) is 46.3 Å². The van der Waals surface area contributed by atoms with E-state index in [1.807, 2.05) is 24.3 Å². The molecular formula is C15H14BrFO. The minimum atomic E-state index is -1.21. The van der Waals surface area contributed by atoms with Crippen molar-refractivity contribution in [1.29, 1.82) is 0 Å². The van der Waals surface area contributed by atoms with Crippen molar-refractivity contribution in [3.05, 3.63) is 69.9 Å². The van der Waals surface area contributed by atoms with Gasteiger partial charge in [0.15, 0.2) is 0 Å². The number of aliphatic hydroxyl groups is 1. The van der Waals surface area contributed by atoms with Gasteiger partial charge in [-0.25, -0.2) is 4.39 Å². The lowest BCUT2D eigenvalue weighted by atomic mass is 9.89. The lowest BCUT2D eigenvalue weighted by Crippen LogP contribution is -2.25. The van der Waals surface area contributed by atoms with E-state index in [9.17, 15) is 9.50 Å². The first-order valence-corrected chi connectivity index (χ1v) is 6.50. The highest BCUT2D eigenvalue weighted by Crippen LogP contribution is 2.27. The molecule has 0 aromatic heterocycles. The molecule has 0 amide bonds. The fourth-order valence-electron chi connectivity index (χ4n) is 1.99. The Kier molecular flexibility index (Phi) is 3.83. The Labute approximate surface area is 114 Å². The van der Waals surface area contributed by atoms with Crippen molar-refractivity contribution in [3.63, 3.8) is 0 Å². The van der Waals surface area contributed by atoms with Gasteiger partial charge in [0, 0.05) is 16.5 Å². The molecule has 0 aliphatic rings. The second-order valence-corrected chi connectivity index (χ2v) is 5.47. The molecule has 0 heterocycles. The van der Waals surface area contributed by atoms with E-state index >= 15 is 0 Å². The van der Waals surface area contributed by atoms with Gasteiger partial charge in [-0.2, -0.15) is 0 Å². The summed E-state index contributed by atoms with van der Waals surface area (Å²) in [5.41, 5.74) is 0.0819. The monoisotopic (exact) mass is 308 g/mol. The van der Waals surface area contributed by atoms with Crippen LogP contribution in [0.4, 0.5) is 4.39 Å². The maximum Gasteiger partial charge on any atom is 0.129 e. The first-order chi connectivity index (χ1) is 8.49. The minimum absolute atomic E-state index is 0.327. The molecule has 0 fully saturated rings. The Morgan fingerprint density at radius 1 is 1.11 bits per heavy atom. The summed E-state index contributed by atoms with van der Waals surface area (Å²) in [6.07, 6.45) is 0.376. The van der Waals surface area contributed by atoms with E-state index in [0.717, 1.165) is 10.0 Å². The Morgan fingerprint density at radius 2 is 1.72 bits per heavy atom. The van der Waals surface area contributed by atoms with Crippen molar-refractivity contribution in [1.82, 2.24) is 0 Å². The zero-order valence-corrected chi connectivity index (χ0v) is 11.6. The summed E-state index contributed by atoms with van der Waals surface area (Å²) in [4.78, 5) is 0. The normalized spacial score (nSPS) is 14.2. The van der Waals surface area contributed by atoms with Gasteiger partial charge >= 0.3 is 0 Å². The molecule has 94 valence electrons. The van der Waals surface area contributed by atoms with Gasteiger partial charge in [-0.05, 0) is 30.7 Å². The Morgan fingerprint density at radius 3 is 2.33 bits per heavy atom. The second-order valence-electron chi connectivity index (χ2n) is 4.56. The van der Waals surface area contributed by atoms with Crippen LogP contribution in [0.25, 0.3) is 0 Å². The summed E-state index contributed by atoms with van der Waals surface area (Å²) >= 11 is 3.36. The average Bonchev–Trinajstić information content (AvgIpc) is 2.32. The van der Waals surface area contributed by atoms with Crippen LogP contribution in [0.1, 0.15) is 18.1 Å². The van der Waals surface area contributed by atoms with E-state index in [2.05, 4.69) is 15.9 Å². The van der Waals surface area contributed by atoms with Crippen LogP contribution in [-0.2, 0) is 12.0 Å². The second kappa shape index (κ2) is 5.21. The molecule has 1 unspecified atom stereocenters. The zero-order valence-electron chi connectivity index (χ0n) is 10.0. The van der Waals surface area contributed by atoms with Crippen LogP contribution in [-0.4, -0.2) is 5.11 Å². The molecule has 0 saturated heterocycles. The third-order valence-corrected chi connectivity index (χ3v) is 3.44. The van der Waals surface area contributed by atoms with Crippen molar-refractivity contribution in [3.8, 4) is 0 Å². The van der Waals surface area contributed by atoms with Gasteiger partial charge < -0.3 is 5.11 Å². The van der Waals surface area contributed by atoms with Crippen molar-refractivity contribution in [2.75, 3.05) is 0 Å². The number of halogens is 2. The zero-order chi connectivity index (χ0) is 13.2. The van der Waals surface area contributed by atoms with Crippen LogP contribution in [0.15, 0.2) is 53.0 Å². The minimum Gasteiger partial charge on any atom is -0.385 e. The van der Waals surface area contributed by atoms with Crippen LogP contribution >= 0.6 is 15.9 Å². The summed E-state index contributed by atoms with van der Waals surface area (Å²) in [7, 11) is 0. The Bertz CT molecular complexity index is 534. The van der Waals surface area contributed by atoms with Crippen molar-refractivity contribution >= 4 is 15.9 Å². The lowest BCUT2D eigenvalue weighted by Gasteiger charge is -2.24. The highest BCUT2D eigenvalue weighted by molar-refractivity contribution is 9.10. The maximum atomic E-state index is 13.7. The first kappa shape index (κ1) is 13.2. The largest absolute Gasteiger partial charge is 0.385 e. The highest BCUT2D eigenvalue weighted by Gasteiger charge is 2.26. The van der Waals surface area contributed by atoms with Gasteiger partial charge in [0.25, 0.3) is 0 Å². The number of hydrogen-bond donors (Lipinski definition) is 1. The molecule has 18 heavy (non-hydrogen) atoms. The Hall–Kier alpha value is -1.19. The average molecular weight is 309 g/mol. The van der Waals surface area contributed by atoms with Crippen molar-refractivity contribution in [2.24, 2.45) is 0 Å².